The zero-order valence-electron chi connectivity index (χ0n) is 12.1. The molecule has 0 saturated carbocycles. The van der Waals surface area contributed by atoms with Gasteiger partial charge in [0.05, 0.1) is 17.8 Å². The van der Waals surface area contributed by atoms with E-state index in [4.69, 9.17) is 9.15 Å². The number of aromatic amines is 1. The quantitative estimate of drug-likeness (QED) is 0.573. The van der Waals surface area contributed by atoms with Gasteiger partial charge in [0.2, 0.25) is 0 Å². The lowest BCUT2D eigenvalue weighted by molar-refractivity contribution is 0.0371. The number of hydrogen-bond donors (Lipinski definition) is 1. The third-order valence-corrected chi connectivity index (χ3v) is 3.50. The largest absolute Gasteiger partial charge is 0.458 e. The van der Waals surface area contributed by atoms with Crippen molar-refractivity contribution in [1.82, 2.24) is 15.0 Å². The summed E-state index contributed by atoms with van der Waals surface area (Å²) in [6.07, 6.45) is 2.87. The number of oxazole rings is 1. The van der Waals surface area contributed by atoms with Gasteiger partial charge in [-0.3, -0.25) is 0 Å². The normalized spacial score (nSPS) is 11.8. The van der Waals surface area contributed by atoms with E-state index < -0.39 is 5.97 Å². The molecule has 0 atom stereocenters. The zero-order valence-corrected chi connectivity index (χ0v) is 12.1. The maximum Gasteiger partial charge on any atom is 0.357 e. The Bertz CT molecular complexity index is 1010. The van der Waals surface area contributed by atoms with E-state index >= 15 is 0 Å². The molecule has 1 aromatic carbocycles. The van der Waals surface area contributed by atoms with Gasteiger partial charge < -0.3 is 14.1 Å². The number of benzene rings is 1. The van der Waals surface area contributed by atoms with Gasteiger partial charge >= 0.3 is 5.97 Å². The molecule has 0 unspecified atom stereocenters. The number of esters is 1. The standard InChI is InChI=1S/C16H13N3O3/c1-8(2)22-16(20)11-5-9-12(6-17-11)19-10-3-4-13-15(14(9)10)18-7-21-13/h3-8,19H,1-2H3. The Morgan fingerprint density at radius 3 is 2.95 bits per heavy atom. The lowest BCUT2D eigenvalue weighted by Gasteiger charge is -2.06. The van der Waals surface area contributed by atoms with Crippen LogP contribution in [0.2, 0.25) is 0 Å². The molecule has 0 fully saturated rings. The summed E-state index contributed by atoms with van der Waals surface area (Å²) in [6, 6.07) is 5.52. The highest BCUT2D eigenvalue weighted by molar-refractivity contribution is 6.18. The average molecular weight is 295 g/mol. The zero-order chi connectivity index (χ0) is 15.3. The summed E-state index contributed by atoms with van der Waals surface area (Å²) in [5.74, 6) is -0.432. The Morgan fingerprint density at radius 1 is 1.27 bits per heavy atom. The fourth-order valence-electron chi connectivity index (χ4n) is 2.60. The van der Waals surface area contributed by atoms with Crippen molar-refractivity contribution < 1.29 is 13.9 Å². The van der Waals surface area contributed by atoms with Crippen LogP contribution in [-0.4, -0.2) is 27.0 Å². The number of nitrogens with one attached hydrogen (secondary N) is 1. The molecule has 6 heteroatoms. The Kier molecular flexibility index (Phi) is 2.66. The van der Waals surface area contributed by atoms with Crippen molar-refractivity contribution in [3.63, 3.8) is 0 Å². The molecule has 0 aliphatic carbocycles. The molecule has 110 valence electrons. The molecule has 22 heavy (non-hydrogen) atoms. The molecule has 0 saturated heterocycles. The molecule has 0 aliphatic heterocycles. The van der Waals surface area contributed by atoms with E-state index in [1.165, 1.54) is 6.39 Å². The molecule has 0 spiro atoms. The molecule has 0 aliphatic rings. The number of carbonyl (C=O) groups is 1. The van der Waals surface area contributed by atoms with Crippen molar-refractivity contribution in [1.29, 1.82) is 0 Å². The van der Waals surface area contributed by atoms with Gasteiger partial charge in [0.15, 0.2) is 12.0 Å². The number of ether oxygens (including phenoxy) is 1. The van der Waals surface area contributed by atoms with Crippen molar-refractivity contribution in [2.24, 2.45) is 0 Å². The first-order valence-electron chi connectivity index (χ1n) is 6.98. The topological polar surface area (TPSA) is 81.0 Å². The summed E-state index contributed by atoms with van der Waals surface area (Å²) in [5.41, 5.74) is 3.51. The summed E-state index contributed by atoms with van der Waals surface area (Å²) in [7, 11) is 0. The Morgan fingerprint density at radius 2 is 2.14 bits per heavy atom. The number of rotatable bonds is 2. The molecule has 3 heterocycles. The van der Waals surface area contributed by atoms with Crippen molar-refractivity contribution in [3.8, 4) is 0 Å². The van der Waals surface area contributed by atoms with Crippen molar-refractivity contribution >= 4 is 38.9 Å². The first kappa shape index (κ1) is 12.8. The Labute approximate surface area is 125 Å². The summed E-state index contributed by atoms with van der Waals surface area (Å²) in [5, 5.41) is 1.79. The summed E-state index contributed by atoms with van der Waals surface area (Å²) < 4.78 is 10.5. The fourth-order valence-corrected chi connectivity index (χ4v) is 2.60. The van der Waals surface area contributed by atoms with E-state index in [9.17, 15) is 4.79 Å². The van der Waals surface area contributed by atoms with Gasteiger partial charge in [-0.05, 0) is 32.0 Å². The summed E-state index contributed by atoms with van der Waals surface area (Å²) in [4.78, 5) is 23.8. The number of H-pyrrole nitrogens is 1. The molecule has 0 amide bonds. The van der Waals surface area contributed by atoms with Crippen molar-refractivity contribution in [2.45, 2.75) is 20.0 Å². The predicted molar refractivity (Wildman–Crippen MR) is 81.7 cm³/mol. The first-order chi connectivity index (χ1) is 10.6. The summed E-state index contributed by atoms with van der Waals surface area (Å²) >= 11 is 0. The second kappa shape index (κ2) is 4.56. The highest BCUT2D eigenvalue weighted by atomic mass is 16.5. The van der Waals surface area contributed by atoms with Gasteiger partial charge in [-0.25, -0.2) is 14.8 Å². The number of carbonyl (C=O) groups excluding carboxylic acids is 1. The van der Waals surface area contributed by atoms with E-state index in [0.29, 0.717) is 5.58 Å². The second-order valence-electron chi connectivity index (χ2n) is 5.38. The van der Waals surface area contributed by atoms with Crippen LogP contribution in [0.4, 0.5) is 0 Å². The van der Waals surface area contributed by atoms with Crippen LogP contribution in [-0.2, 0) is 4.74 Å². The van der Waals surface area contributed by atoms with Gasteiger partial charge in [-0.1, -0.05) is 0 Å². The maximum absolute atomic E-state index is 12.0. The number of pyridine rings is 1. The van der Waals surface area contributed by atoms with Gasteiger partial charge in [-0.15, -0.1) is 0 Å². The smallest absolute Gasteiger partial charge is 0.357 e. The Balaban J connectivity index is 1.99. The van der Waals surface area contributed by atoms with Gasteiger partial charge in [0.25, 0.3) is 0 Å². The molecule has 6 nitrogen and oxygen atoms in total. The van der Waals surface area contributed by atoms with E-state index in [2.05, 4.69) is 15.0 Å². The maximum atomic E-state index is 12.0. The molecule has 0 radical (unpaired) electrons. The third kappa shape index (κ3) is 1.84. The van der Waals surface area contributed by atoms with Crippen LogP contribution in [0.25, 0.3) is 32.9 Å². The monoisotopic (exact) mass is 295 g/mol. The lowest BCUT2D eigenvalue weighted by atomic mass is 10.1. The minimum absolute atomic E-state index is 0.185. The molecule has 1 N–H and O–H groups in total. The average Bonchev–Trinajstić information content (AvgIpc) is 3.08. The molecule has 3 aromatic heterocycles. The predicted octanol–water partition coefficient (Wildman–Crippen LogP) is 3.42. The van der Waals surface area contributed by atoms with Crippen LogP contribution in [0, 0.1) is 0 Å². The van der Waals surface area contributed by atoms with E-state index in [1.807, 2.05) is 12.1 Å². The minimum atomic E-state index is -0.432. The fraction of sp³-hybridized carbons (Fsp3) is 0.188. The molecular formula is C16H13N3O3. The third-order valence-electron chi connectivity index (χ3n) is 3.50. The van der Waals surface area contributed by atoms with E-state index in [0.717, 1.165) is 27.3 Å². The van der Waals surface area contributed by atoms with E-state index in [-0.39, 0.29) is 11.8 Å². The van der Waals surface area contributed by atoms with Gasteiger partial charge in [0.1, 0.15) is 11.2 Å². The lowest BCUT2D eigenvalue weighted by Crippen LogP contribution is -2.12. The van der Waals surface area contributed by atoms with Crippen LogP contribution < -0.4 is 0 Å². The second-order valence-corrected chi connectivity index (χ2v) is 5.38. The Hall–Kier alpha value is -2.89. The number of hydrogen-bond acceptors (Lipinski definition) is 5. The van der Waals surface area contributed by atoms with Crippen LogP contribution in [0.3, 0.4) is 0 Å². The molecule has 0 bridgehead atoms. The summed E-state index contributed by atoms with van der Waals surface area (Å²) in [6.45, 7) is 3.61. The number of aromatic nitrogens is 3. The van der Waals surface area contributed by atoms with E-state index in [1.54, 1.807) is 26.1 Å². The number of fused-ring (bicyclic) bond motifs is 5. The van der Waals surface area contributed by atoms with Crippen LogP contribution in [0.5, 0.6) is 0 Å². The molecule has 4 aromatic rings. The minimum Gasteiger partial charge on any atom is -0.458 e. The molecular weight excluding hydrogens is 282 g/mol. The van der Waals surface area contributed by atoms with Crippen molar-refractivity contribution in [3.05, 3.63) is 36.5 Å². The highest BCUT2D eigenvalue weighted by Gasteiger charge is 2.16. The van der Waals surface area contributed by atoms with Gasteiger partial charge in [-0.2, -0.15) is 0 Å². The van der Waals surface area contributed by atoms with Crippen LogP contribution in [0.1, 0.15) is 24.3 Å². The van der Waals surface area contributed by atoms with Crippen LogP contribution in [0.15, 0.2) is 35.2 Å². The molecule has 4 rings (SSSR count). The van der Waals surface area contributed by atoms with Gasteiger partial charge in [0, 0.05) is 16.3 Å². The first-order valence-corrected chi connectivity index (χ1v) is 6.98. The highest BCUT2D eigenvalue weighted by Crippen LogP contribution is 2.31. The number of nitrogens with zero attached hydrogens (tertiary/aromatic N) is 2. The van der Waals surface area contributed by atoms with Crippen LogP contribution >= 0.6 is 0 Å². The SMILES string of the molecule is CC(C)OC(=O)c1cc2c(cn1)[nH]c1ccc3ocnc3c12. The van der Waals surface area contributed by atoms with Crippen molar-refractivity contribution in [2.75, 3.05) is 0 Å².